The minimum Gasteiger partial charge on any atom is -0.394 e. The van der Waals surface area contributed by atoms with Crippen LogP contribution in [-0.2, 0) is 9.53 Å². The van der Waals surface area contributed by atoms with Crippen LogP contribution in [0.2, 0.25) is 0 Å². The SMILES string of the molecule is CN1C(=O)CCC1c1ccc[n+](C2OC(CO)C(O)C(O)C2O)c1. The normalized spacial score (nSPS) is 37.0. The summed E-state index contributed by atoms with van der Waals surface area (Å²) in [5.41, 5.74) is 0.891. The lowest BCUT2D eigenvalue weighted by Gasteiger charge is -2.36. The van der Waals surface area contributed by atoms with E-state index in [1.807, 2.05) is 6.07 Å². The van der Waals surface area contributed by atoms with Gasteiger partial charge in [-0.1, -0.05) is 0 Å². The molecule has 1 aromatic rings. The molecule has 2 aliphatic rings. The van der Waals surface area contributed by atoms with Gasteiger partial charge in [0, 0.05) is 25.1 Å². The van der Waals surface area contributed by atoms with Crippen LogP contribution in [0, 0.1) is 0 Å². The first-order chi connectivity index (χ1) is 11.4. The van der Waals surface area contributed by atoms with E-state index in [9.17, 15) is 25.2 Å². The molecule has 8 nitrogen and oxygen atoms in total. The number of carbonyl (C=O) groups excluding carboxylic acids is 1. The number of likely N-dealkylation sites (tertiary alicyclic amines) is 1. The highest BCUT2D eigenvalue weighted by atomic mass is 16.6. The molecule has 0 bridgehead atoms. The summed E-state index contributed by atoms with van der Waals surface area (Å²) < 4.78 is 7.15. The Labute approximate surface area is 139 Å². The molecule has 132 valence electrons. The van der Waals surface area contributed by atoms with E-state index in [0.29, 0.717) is 12.8 Å². The van der Waals surface area contributed by atoms with Crippen molar-refractivity contribution in [2.45, 2.75) is 49.5 Å². The highest BCUT2D eigenvalue weighted by molar-refractivity contribution is 5.78. The number of hydrogen-bond acceptors (Lipinski definition) is 6. The number of hydrogen-bond donors (Lipinski definition) is 4. The number of rotatable bonds is 3. The molecule has 8 heteroatoms. The Kier molecular flexibility index (Phi) is 4.84. The molecule has 2 saturated heterocycles. The van der Waals surface area contributed by atoms with Crippen molar-refractivity contribution in [1.29, 1.82) is 0 Å². The second kappa shape index (κ2) is 6.73. The summed E-state index contributed by atoms with van der Waals surface area (Å²) >= 11 is 0. The van der Waals surface area contributed by atoms with Gasteiger partial charge in [0.1, 0.15) is 18.3 Å². The van der Waals surface area contributed by atoms with E-state index in [2.05, 4.69) is 0 Å². The van der Waals surface area contributed by atoms with Crippen molar-refractivity contribution in [2.75, 3.05) is 13.7 Å². The Morgan fingerprint density at radius 1 is 1.29 bits per heavy atom. The van der Waals surface area contributed by atoms with Gasteiger partial charge in [0.25, 0.3) is 6.23 Å². The molecule has 3 heterocycles. The minimum atomic E-state index is -1.42. The zero-order valence-electron chi connectivity index (χ0n) is 13.4. The number of pyridine rings is 1. The summed E-state index contributed by atoms with van der Waals surface area (Å²) in [6.45, 7) is -0.471. The zero-order chi connectivity index (χ0) is 17.4. The summed E-state index contributed by atoms with van der Waals surface area (Å²) in [5.74, 6) is 0.0863. The van der Waals surface area contributed by atoms with Crippen LogP contribution < -0.4 is 4.57 Å². The summed E-state index contributed by atoms with van der Waals surface area (Å²) in [6, 6.07) is 3.61. The molecular weight excluding hydrogens is 316 g/mol. The third kappa shape index (κ3) is 2.91. The van der Waals surface area contributed by atoms with Crippen LogP contribution in [0.15, 0.2) is 24.5 Å². The maximum absolute atomic E-state index is 11.7. The van der Waals surface area contributed by atoms with Crippen LogP contribution in [0.3, 0.4) is 0 Å². The van der Waals surface area contributed by atoms with Crippen molar-refractivity contribution >= 4 is 5.91 Å². The topological polar surface area (TPSA) is 114 Å². The van der Waals surface area contributed by atoms with Gasteiger partial charge in [0.2, 0.25) is 5.91 Å². The Morgan fingerprint density at radius 3 is 2.67 bits per heavy atom. The molecule has 6 atom stereocenters. The van der Waals surface area contributed by atoms with E-state index in [4.69, 9.17) is 4.74 Å². The fraction of sp³-hybridized carbons (Fsp3) is 0.625. The van der Waals surface area contributed by atoms with Crippen LogP contribution in [0.25, 0.3) is 0 Å². The summed E-state index contributed by atoms with van der Waals surface area (Å²) in [4.78, 5) is 13.4. The van der Waals surface area contributed by atoms with E-state index in [1.165, 1.54) is 0 Å². The number of aliphatic hydroxyl groups is 4. The fourth-order valence-electron chi connectivity index (χ4n) is 3.39. The number of amides is 1. The van der Waals surface area contributed by atoms with Crippen molar-refractivity contribution < 1.29 is 34.5 Å². The van der Waals surface area contributed by atoms with Crippen molar-refractivity contribution in [1.82, 2.24) is 4.90 Å². The number of ether oxygens (including phenoxy) is 1. The molecule has 2 fully saturated rings. The van der Waals surface area contributed by atoms with Gasteiger partial charge in [-0.05, 0) is 12.5 Å². The monoisotopic (exact) mass is 339 g/mol. The second-order valence-corrected chi connectivity index (χ2v) is 6.36. The molecule has 3 rings (SSSR count). The predicted molar refractivity (Wildman–Crippen MR) is 80.4 cm³/mol. The van der Waals surface area contributed by atoms with Crippen LogP contribution in [0.1, 0.15) is 30.7 Å². The Hall–Kier alpha value is -1.58. The maximum atomic E-state index is 11.7. The molecule has 6 unspecified atom stereocenters. The van der Waals surface area contributed by atoms with Gasteiger partial charge in [0.15, 0.2) is 18.5 Å². The number of carbonyl (C=O) groups is 1. The summed E-state index contributed by atoms with van der Waals surface area (Å²) in [5, 5.41) is 39.3. The first-order valence-electron chi connectivity index (χ1n) is 8.01. The second-order valence-electron chi connectivity index (χ2n) is 6.36. The smallest absolute Gasteiger partial charge is 0.292 e. The Morgan fingerprint density at radius 2 is 2.04 bits per heavy atom. The van der Waals surface area contributed by atoms with Crippen molar-refractivity contribution in [3.8, 4) is 0 Å². The van der Waals surface area contributed by atoms with E-state index in [1.54, 1.807) is 35.0 Å². The number of aromatic nitrogens is 1. The highest BCUT2D eigenvalue weighted by Gasteiger charge is 2.48. The Balaban J connectivity index is 1.87. The van der Waals surface area contributed by atoms with E-state index in [0.717, 1.165) is 5.56 Å². The highest BCUT2D eigenvalue weighted by Crippen LogP contribution is 2.31. The zero-order valence-corrected chi connectivity index (χ0v) is 13.4. The lowest BCUT2D eigenvalue weighted by Crippen LogP contribution is -2.62. The molecular formula is C16H23N2O6+. The molecule has 1 amide bonds. The molecule has 0 aromatic carbocycles. The van der Waals surface area contributed by atoms with Gasteiger partial charge < -0.3 is 30.1 Å². The van der Waals surface area contributed by atoms with Gasteiger partial charge in [-0.2, -0.15) is 4.57 Å². The number of nitrogens with zero attached hydrogens (tertiary/aromatic N) is 2. The third-order valence-corrected chi connectivity index (χ3v) is 4.88. The van der Waals surface area contributed by atoms with Crippen molar-refractivity contribution in [2.24, 2.45) is 0 Å². The average molecular weight is 339 g/mol. The molecule has 0 aliphatic carbocycles. The molecule has 4 N–H and O–H groups in total. The van der Waals surface area contributed by atoms with E-state index in [-0.39, 0.29) is 11.9 Å². The summed E-state index contributed by atoms with van der Waals surface area (Å²) in [7, 11) is 1.76. The predicted octanol–water partition coefficient (Wildman–Crippen LogP) is -1.76. The fourth-order valence-corrected chi connectivity index (χ4v) is 3.39. The third-order valence-electron chi connectivity index (χ3n) is 4.88. The van der Waals surface area contributed by atoms with Crippen LogP contribution in [0.4, 0.5) is 0 Å². The minimum absolute atomic E-state index is 0.0464. The summed E-state index contributed by atoms with van der Waals surface area (Å²) in [6.07, 6.45) is -1.41. The van der Waals surface area contributed by atoms with Gasteiger partial charge in [-0.15, -0.1) is 0 Å². The van der Waals surface area contributed by atoms with Crippen molar-refractivity contribution in [3.05, 3.63) is 30.1 Å². The van der Waals surface area contributed by atoms with Crippen LogP contribution in [0.5, 0.6) is 0 Å². The maximum Gasteiger partial charge on any atom is 0.292 e. The lowest BCUT2D eigenvalue weighted by atomic mass is 9.98. The van der Waals surface area contributed by atoms with E-state index < -0.39 is 37.3 Å². The first kappa shape index (κ1) is 17.2. The first-order valence-corrected chi connectivity index (χ1v) is 8.01. The average Bonchev–Trinajstić information content (AvgIpc) is 2.92. The molecule has 0 spiro atoms. The largest absolute Gasteiger partial charge is 0.394 e. The standard InChI is InChI=1S/C16H23N2O6/c1-17-10(4-5-12(17)20)9-3-2-6-18(7-9)16-15(23)14(22)13(21)11(8-19)24-16/h2-3,6-7,10-11,13-16,19,21-23H,4-5,8H2,1H3/q+1. The van der Waals surface area contributed by atoms with Crippen LogP contribution in [-0.4, -0.2) is 69.3 Å². The van der Waals surface area contributed by atoms with Crippen molar-refractivity contribution in [3.63, 3.8) is 0 Å². The molecule has 2 aliphatic heterocycles. The molecule has 0 saturated carbocycles. The van der Waals surface area contributed by atoms with Gasteiger partial charge in [-0.25, -0.2) is 0 Å². The lowest BCUT2D eigenvalue weighted by molar-refractivity contribution is -0.778. The van der Waals surface area contributed by atoms with Gasteiger partial charge >= 0.3 is 0 Å². The molecule has 1 aromatic heterocycles. The molecule has 0 radical (unpaired) electrons. The van der Waals surface area contributed by atoms with Crippen LogP contribution >= 0.6 is 0 Å². The van der Waals surface area contributed by atoms with Gasteiger partial charge in [-0.3, -0.25) is 4.79 Å². The van der Waals surface area contributed by atoms with E-state index >= 15 is 0 Å². The quantitative estimate of drug-likeness (QED) is 0.485. The number of aliphatic hydroxyl groups excluding tert-OH is 4. The Bertz CT molecular complexity index is 610. The van der Waals surface area contributed by atoms with Gasteiger partial charge in [0.05, 0.1) is 12.6 Å². The molecule has 24 heavy (non-hydrogen) atoms.